The Morgan fingerprint density at radius 2 is 2.04 bits per heavy atom. The van der Waals surface area contributed by atoms with E-state index in [1.807, 2.05) is 0 Å². The minimum absolute atomic E-state index is 0.224. The van der Waals surface area contributed by atoms with Gasteiger partial charge in [-0.05, 0) is 35.9 Å². The molecule has 0 heterocycles. The molecule has 6 nitrogen and oxygen atoms in total. The van der Waals surface area contributed by atoms with E-state index in [4.69, 9.17) is 21.6 Å². The summed E-state index contributed by atoms with van der Waals surface area (Å²) in [5, 5.41) is 14.6. The number of ether oxygens (including phenoxy) is 1. The number of carbonyl (C=O) groups excluding carboxylic acids is 2. The summed E-state index contributed by atoms with van der Waals surface area (Å²) in [5.74, 6) is -0.695. The van der Waals surface area contributed by atoms with E-state index in [9.17, 15) is 9.59 Å². The molecular formula is C20H18ClN3O3. The largest absolute Gasteiger partial charge is 0.383 e. The second-order valence-corrected chi connectivity index (χ2v) is 5.87. The average Bonchev–Trinajstić information content (AvgIpc) is 2.66. The number of nitriles is 1. The molecule has 2 N–H and O–H groups in total. The molecule has 0 spiro atoms. The maximum absolute atomic E-state index is 12.1. The van der Waals surface area contributed by atoms with Gasteiger partial charge in [-0.15, -0.1) is 0 Å². The van der Waals surface area contributed by atoms with Gasteiger partial charge in [-0.25, -0.2) is 0 Å². The molecule has 0 fully saturated rings. The Kier molecular flexibility index (Phi) is 7.56. The molecule has 0 unspecified atom stereocenters. The fourth-order valence-electron chi connectivity index (χ4n) is 2.23. The number of carbonyl (C=O) groups is 2. The second kappa shape index (κ2) is 10.1. The number of anilines is 1. The molecule has 0 aliphatic carbocycles. The summed E-state index contributed by atoms with van der Waals surface area (Å²) in [6, 6.07) is 13.7. The van der Waals surface area contributed by atoms with Crippen LogP contribution >= 0.6 is 11.6 Å². The molecule has 138 valence electrons. The zero-order chi connectivity index (χ0) is 19.6. The van der Waals surface area contributed by atoms with Gasteiger partial charge in [-0.2, -0.15) is 5.26 Å². The first-order valence-electron chi connectivity index (χ1n) is 8.10. The lowest BCUT2D eigenvalue weighted by molar-refractivity contribution is -0.111. The zero-order valence-electron chi connectivity index (χ0n) is 14.7. The third-order valence-electron chi connectivity index (χ3n) is 3.57. The molecule has 0 saturated carbocycles. The highest BCUT2D eigenvalue weighted by atomic mass is 35.5. The Morgan fingerprint density at radius 3 is 2.74 bits per heavy atom. The molecular weight excluding hydrogens is 366 g/mol. The van der Waals surface area contributed by atoms with Crippen molar-refractivity contribution in [2.24, 2.45) is 0 Å². The first-order chi connectivity index (χ1) is 13.0. The van der Waals surface area contributed by atoms with Gasteiger partial charge in [0.15, 0.2) is 0 Å². The van der Waals surface area contributed by atoms with Gasteiger partial charge in [0.05, 0.1) is 28.8 Å². The van der Waals surface area contributed by atoms with Gasteiger partial charge >= 0.3 is 0 Å². The van der Waals surface area contributed by atoms with E-state index in [2.05, 4.69) is 16.7 Å². The van der Waals surface area contributed by atoms with Crippen LogP contribution in [0.25, 0.3) is 6.08 Å². The van der Waals surface area contributed by atoms with Crippen molar-refractivity contribution < 1.29 is 14.3 Å². The number of nitrogens with zero attached hydrogens (tertiary/aromatic N) is 1. The first-order valence-corrected chi connectivity index (χ1v) is 8.48. The van der Waals surface area contributed by atoms with Crippen LogP contribution in [0, 0.1) is 11.3 Å². The average molecular weight is 384 g/mol. The van der Waals surface area contributed by atoms with E-state index in [-0.39, 0.29) is 16.8 Å². The van der Waals surface area contributed by atoms with E-state index in [1.54, 1.807) is 43.5 Å². The molecule has 0 atom stereocenters. The number of benzene rings is 2. The lowest BCUT2D eigenvalue weighted by atomic mass is 10.1. The van der Waals surface area contributed by atoms with Crippen LogP contribution in [0.15, 0.2) is 48.5 Å². The molecule has 0 aromatic heterocycles. The molecule has 0 bridgehead atoms. The Bertz CT molecular complexity index is 904. The maximum atomic E-state index is 12.1. The molecule has 0 radical (unpaired) electrons. The number of methoxy groups -OCH3 is 1. The van der Waals surface area contributed by atoms with Crippen LogP contribution in [-0.2, 0) is 9.53 Å². The van der Waals surface area contributed by atoms with Crippen molar-refractivity contribution in [3.63, 3.8) is 0 Å². The zero-order valence-corrected chi connectivity index (χ0v) is 15.4. The van der Waals surface area contributed by atoms with Crippen molar-refractivity contribution in [3.8, 4) is 6.07 Å². The van der Waals surface area contributed by atoms with Gasteiger partial charge in [0.2, 0.25) is 5.91 Å². The van der Waals surface area contributed by atoms with Crippen molar-refractivity contribution >= 4 is 35.2 Å². The number of halogens is 1. The van der Waals surface area contributed by atoms with E-state index >= 15 is 0 Å². The maximum Gasteiger partial charge on any atom is 0.252 e. The number of rotatable bonds is 7. The van der Waals surface area contributed by atoms with Crippen molar-refractivity contribution in [1.29, 1.82) is 5.26 Å². The van der Waals surface area contributed by atoms with Crippen molar-refractivity contribution in [3.05, 3.63) is 70.3 Å². The molecule has 2 amide bonds. The van der Waals surface area contributed by atoms with Crippen molar-refractivity contribution in [2.45, 2.75) is 0 Å². The monoisotopic (exact) mass is 383 g/mol. The Morgan fingerprint density at radius 1 is 1.26 bits per heavy atom. The summed E-state index contributed by atoms with van der Waals surface area (Å²) < 4.78 is 4.87. The quantitative estimate of drug-likeness (QED) is 0.567. The van der Waals surface area contributed by atoms with Crippen LogP contribution < -0.4 is 10.6 Å². The van der Waals surface area contributed by atoms with Crippen LogP contribution in [0.4, 0.5) is 5.69 Å². The normalized spacial score (nSPS) is 10.4. The number of hydrogen-bond donors (Lipinski definition) is 2. The van der Waals surface area contributed by atoms with E-state index in [0.29, 0.717) is 35.5 Å². The standard InChI is InChI=1S/C20H18ClN3O3/c1-27-11-10-23-20(26)17-8-7-16(12-18(17)21)24-19(25)9-6-14-4-2-3-5-15(14)13-22/h2-9,12H,10-11H2,1H3,(H,23,26)(H,24,25)/b9-6+. The van der Waals surface area contributed by atoms with Gasteiger partial charge in [0, 0.05) is 25.4 Å². The summed E-state index contributed by atoms with van der Waals surface area (Å²) in [5.41, 5.74) is 1.89. The van der Waals surface area contributed by atoms with E-state index in [1.165, 1.54) is 18.2 Å². The summed E-state index contributed by atoms with van der Waals surface area (Å²) in [7, 11) is 1.55. The third-order valence-corrected chi connectivity index (χ3v) is 3.88. The van der Waals surface area contributed by atoms with Gasteiger partial charge in [-0.1, -0.05) is 29.8 Å². The minimum Gasteiger partial charge on any atom is -0.383 e. The molecule has 0 aliphatic rings. The molecule has 2 aromatic carbocycles. The fraction of sp³-hybridized carbons (Fsp3) is 0.150. The summed E-state index contributed by atoms with van der Waals surface area (Å²) in [6.45, 7) is 0.776. The predicted molar refractivity (Wildman–Crippen MR) is 104 cm³/mol. The predicted octanol–water partition coefficient (Wildman–Crippen LogP) is 3.24. The van der Waals surface area contributed by atoms with E-state index in [0.717, 1.165) is 0 Å². The SMILES string of the molecule is COCCNC(=O)c1ccc(NC(=O)/C=C/c2ccccc2C#N)cc1Cl. The van der Waals surface area contributed by atoms with Crippen LogP contribution in [-0.4, -0.2) is 32.1 Å². The summed E-state index contributed by atoms with van der Waals surface area (Å²) in [4.78, 5) is 24.1. The highest BCUT2D eigenvalue weighted by Gasteiger charge is 2.11. The molecule has 0 aliphatic heterocycles. The highest BCUT2D eigenvalue weighted by molar-refractivity contribution is 6.34. The molecule has 2 rings (SSSR count). The lowest BCUT2D eigenvalue weighted by Gasteiger charge is -2.08. The highest BCUT2D eigenvalue weighted by Crippen LogP contribution is 2.21. The Balaban J connectivity index is 2.02. The molecule has 27 heavy (non-hydrogen) atoms. The van der Waals surface area contributed by atoms with Gasteiger partial charge in [0.25, 0.3) is 5.91 Å². The summed E-state index contributed by atoms with van der Waals surface area (Å²) >= 11 is 6.14. The van der Waals surface area contributed by atoms with Crippen molar-refractivity contribution in [1.82, 2.24) is 5.32 Å². The smallest absolute Gasteiger partial charge is 0.252 e. The first kappa shape index (κ1) is 20.2. The molecule has 0 saturated heterocycles. The molecule has 2 aromatic rings. The second-order valence-electron chi connectivity index (χ2n) is 5.46. The topological polar surface area (TPSA) is 91.2 Å². The van der Waals surface area contributed by atoms with Gasteiger partial charge in [0.1, 0.15) is 0 Å². The number of nitrogens with one attached hydrogen (secondary N) is 2. The summed E-state index contributed by atoms with van der Waals surface area (Å²) in [6.07, 6.45) is 2.89. The van der Waals surface area contributed by atoms with Gasteiger partial charge in [-0.3, -0.25) is 9.59 Å². The molecule has 7 heteroatoms. The number of hydrogen-bond acceptors (Lipinski definition) is 4. The van der Waals surface area contributed by atoms with Crippen molar-refractivity contribution in [2.75, 3.05) is 25.6 Å². The van der Waals surface area contributed by atoms with Crippen LogP contribution in [0.2, 0.25) is 5.02 Å². The van der Waals surface area contributed by atoms with Crippen LogP contribution in [0.3, 0.4) is 0 Å². The van der Waals surface area contributed by atoms with E-state index < -0.39 is 0 Å². The lowest BCUT2D eigenvalue weighted by Crippen LogP contribution is -2.27. The Hall–Kier alpha value is -3.14. The third kappa shape index (κ3) is 5.96. The number of amides is 2. The van der Waals surface area contributed by atoms with Crippen LogP contribution in [0.5, 0.6) is 0 Å². The minimum atomic E-state index is -0.379. The van der Waals surface area contributed by atoms with Gasteiger partial charge < -0.3 is 15.4 Å². The van der Waals surface area contributed by atoms with Crippen LogP contribution in [0.1, 0.15) is 21.5 Å². The fourth-order valence-corrected chi connectivity index (χ4v) is 2.50. The Labute approximate surface area is 162 Å².